The number of carbonyl (C=O) groups is 1. The monoisotopic (exact) mass is 457 g/mol. The molecular weight excluding hydrogens is 430 g/mol. The van der Waals surface area contributed by atoms with Gasteiger partial charge in [0, 0.05) is 31.6 Å². The lowest BCUT2D eigenvalue weighted by molar-refractivity contribution is -0.130. The zero-order chi connectivity index (χ0) is 23.7. The summed E-state index contributed by atoms with van der Waals surface area (Å²) in [5.74, 6) is 0.944. The van der Waals surface area contributed by atoms with Gasteiger partial charge in [0.05, 0.1) is 25.2 Å². The van der Waals surface area contributed by atoms with E-state index >= 15 is 0 Å². The number of anilines is 2. The van der Waals surface area contributed by atoms with E-state index in [1.165, 1.54) is 5.39 Å². The van der Waals surface area contributed by atoms with Crippen molar-refractivity contribution >= 4 is 39.3 Å². The minimum atomic E-state index is -0.192. The Morgan fingerprint density at radius 2 is 1.59 bits per heavy atom. The van der Waals surface area contributed by atoms with Crippen LogP contribution in [0.25, 0.3) is 21.7 Å². The fraction of sp³-hybridized carbons (Fsp3) is 0.269. The van der Waals surface area contributed by atoms with Crippen LogP contribution in [0.15, 0.2) is 54.6 Å². The number of nitrogens with zero attached hydrogens (tertiary/aromatic N) is 4. The molecule has 5 rings (SSSR count). The second-order valence-corrected chi connectivity index (χ2v) is 8.59. The number of aromatic nitrogens is 2. The second-order valence-electron chi connectivity index (χ2n) is 8.59. The van der Waals surface area contributed by atoms with Gasteiger partial charge in [0.2, 0.25) is 11.9 Å². The summed E-state index contributed by atoms with van der Waals surface area (Å²) >= 11 is 0. The van der Waals surface area contributed by atoms with Gasteiger partial charge in [0.25, 0.3) is 0 Å². The first-order chi connectivity index (χ1) is 16.6. The molecule has 0 unspecified atom stereocenters. The quantitative estimate of drug-likeness (QED) is 0.421. The van der Waals surface area contributed by atoms with Crippen LogP contribution in [0, 0.1) is 0 Å². The summed E-state index contributed by atoms with van der Waals surface area (Å²) in [6.07, 6.45) is 0.376. The first-order valence-electron chi connectivity index (χ1n) is 11.4. The highest BCUT2D eigenvalue weighted by Crippen LogP contribution is 2.26. The molecule has 1 fully saturated rings. The molecule has 0 radical (unpaired) electrons. The molecule has 0 aliphatic carbocycles. The van der Waals surface area contributed by atoms with Crippen LogP contribution in [-0.4, -0.2) is 57.2 Å². The molecule has 174 valence electrons. The number of aliphatic hydroxyl groups is 2. The van der Waals surface area contributed by atoms with Gasteiger partial charge in [-0.15, -0.1) is 0 Å². The summed E-state index contributed by atoms with van der Waals surface area (Å²) in [6, 6.07) is 17.8. The molecule has 4 N–H and O–H groups in total. The Morgan fingerprint density at radius 1 is 0.882 bits per heavy atom. The van der Waals surface area contributed by atoms with Crippen molar-refractivity contribution in [2.75, 3.05) is 36.8 Å². The van der Waals surface area contributed by atoms with Crippen molar-refractivity contribution in [3.05, 3.63) is 71.3 Å². The highest BCUT2D eigenvalue weighted by molar-refractivity contribution is 5.90. The molecule has 0 spiro atoms. The third kappa shape index (κ3) is 4.25. The first kappa shape index (κ1) is 22.1. The van der Waals surface area contributed by atoms with Crippen molar-refractivity contribution in [1.82, 2.24) is 14.9 Å². The maximum Gasteiger partial charge on any atom is 0.228 e. The van der Waals surface area contributed by atoms with Crippen LogP contribution in [0.2, 0.25) is 0 Å². The van der Waals surface area contributed by atoms with Gasteiger partial charge in [-0.3, -0.25) is 4.79 Å². The van der Waals surface area contributed by atoms with E-state index in [1.807, 2.05) is 28.0 Å². The maximum atomic E-state index is 12.9. The van der Waals surface area contributed by atoms with Crippen LogP contribution in [0.1, 0.15) is 16.7 Å². The van der Waals surface area contributed by atoms with E-state index in [0.717, 1.165) is 10.9 Å². The van der Waals surface area contributed by atoms with Gasteiger partial charge >= 0.3 is 0 Å². The predicted molar refractivity (Wildman–Crippen MR) is 132 cm³/mol. The number of fused-ring (bicyclic) bond motifs is 2. The summed E-state index contributed by atoms with van der Waals surface area (Å²) in [5.41, 5.74) is 9.05. The average molecular weight is 458 g/mol. The molecule has 0 saturated carbocycles. The number of hydrogen-bond acceptors (Lipinski definition) is 7. The van der Waals surface area contributed by atoms with Crippen molar-refractivity contribution in [3.63, 3.8) is 0 Å². The van der Waals surface area contributed by atoms with Gasteiger partial charge in [-0.2, -0.15) is 4.98 Å². The van der Waals surface area contributed by atoms with E-state index in [2.05, 4.69) is 34.2 Å². The zero-order valence-corrected chi connectivity index (χ0v) is 18.8. The van der Waals surface area contributed by atoms with E-state index in [4.69, 9.17) is 5.73 Å². The van der Waals surface area contributed by atoms with Gasteiger partial charge < -0.3 is 25.7 Å². The lowest BCUT2D eigenvalue weighted by Crippen LogP contribution is -2.49. The number of aliphatic hydroxyl groups excluding tert-OH is 2. The fourth-order valence-electron chi connectivity index (χ4n) is 4.50. The number of nitrogens with two attached hydrogens (primary N) is 1. The molecule has 1 aromatic heterocycles. The van der Waals surface area contributed by atoms with Crippen molar-refractivity contribution in [3.8, 4) is 0 Å². The van der Waals surface area contributed by atoms with E-state index in [0.29, 0.717) is 66.4 Å². The number of piperazine rings is 1. The Hall–Kier alpha value is -3.75. The standard InChI is InChI=1S/C26H27N5O3/c27-25-22-13-20(15-32)21(16-33)14-23(22)28-26(29-25)31-9-7-30(8-10-31)24(34)12-17-5-6-18-3-1-2-4-19(18)11-17/h1-6,11,13-14,32-33H,7-10,12,15-16H2,(H2,27,28,29). The number of benzene rings is 3. The topological polar surface area (TPSA) is 116 Å². The first-order valence-corrected chi connectivity index (χ1v) is 11.4. The van der Waals surface area contributed by atoms with Gasteiger partial charge in [-0.25, -0.2) is 4.98 Å². The number of carbonyl (C=O) groups excluding carboxylic acids is 1. The molecule has 34 heavy (non-hydrogen) atoms. The third-order valence-corrected chi connectivity index (χ3v) is 6.46. The van der Waals surface area contributed by atoms with E-state index in [1.54, 1.807) is 12.1 Å². The molecular formula is C26H27N5O3. The molecule has 3 aromatic carbocycles. The van der Waals surface area contributed by atoms with Gasteiger partial charge in [-0.1, -0.05) is 42.5 Å². The minimum Gasteiger partial charge on any atom is -0.392 e. The van der Waals surface area contributed by atoms with Crippen LogP contribution >= 0.6 is 0 Å². The molecule has 1 saturated heterocycles. The lowest BCUT2D eigenvalue weighted by Gasteiger charge is -2.35. The van der Waals surface area contributed by atoms with Crippen LogP contribution in [0.3, 0.4) is 0 Å². The Bertz CT molecular complexity index is 1370. The largest absolute Gasteiger partial charge is 0.392 e. The highest BCUT2D eigenvalue weighted by Gasteiger charge is 2.23. The Morgan fingerprint density at radius 3 is 2.32 bits per heavy atom. The maximum absolute atomic E-state index is 12.9. The van der Waals surface area contributed by atoms with Crippen LogP contribution in [0.4, 0.5) is 11.8 Å². The van der Waals surface area contributed by atoms with Gasteiger partial charge in [0.1, 0.15) is 5.82 Å². The second kappa shape index (κ2) is 9.24. The van der Waals surface area contributed by atoms with Crippen molar-refractivity contribution in [1.29, 1.82) is 0 Å². The highest BCUT2D eigenvalue weighted by atomic mass is 16.3. The third-order valence-electron chi connectivity index (χ3n) is 6.46. The van der Waals surface area contributed by atoms with Crippen molar-refractivity contribution in [2.24, 2.45) is 0 Å². The summed E-state index contributed by atoms with van der Waals surface area (Å²) in [4.78, 5) is 25.9. The summed E-state index contributed by atoms with van der Waals surface area (Å²) < 4.78 is 0. The molecule has 8 nitrogen and oxygen atoms in total. The number of nitrogen functional groups attached to an aromatic ring is 1. The molecule has 0 atom stereocenters. The Balaban J connectivity index is 1.28. The van der Waals surface area contributed by atoms with E-state index in [9.17, 15) is 15.0 Å². The van der Waals surface area contributed by atoms with Gasteiger partial charge in [-0.05, 0) is 39.6 Å². The Labute approximate surface area is 197 Å². The molecule has 0 bridgehead atoms. The number of amides is 1. The molecule has 1 amide bonds. The summed E-state index contributed by atoms with van der Waals surface area (Å²) in [6.45, 7) is 2.00. The van der Waals surface area contributed by atoms with E-state index in [-0.39, 0.29) is 19.1 Å². The molecule has 2 heterocycles. The van der Waals surface area contributed by atoms with Crippen molar-refractivity contribution in [2.45, 2.75) is 19.6 Å². The zero-order valence-electron chi connectivity index (χ0n) is 18.8. The summed E-state index contributed by atoms with van der Waals surface area (Å²) in [5, 5.41) is 22.1. The summed E-state index contributed by atoms with van der Waals surface area (Å²) in [7, 11) is 0. The predicted octanol–water partition coefficient (Wildman–Crippen LogP) is 2.24. The van der Waals surface area contributed by atoms with Crippen LogP contribution in [-0.2, 0) is 24.4 Å². The minimum absolute atomic E-state index is 0.109. The fourth-order valence-corrected chi connectivity index (χ4v) is 4.50. The normalized spacial score (nSPS) is 14.2. The van der Waals surface area contributed by atoms with Crippen LogP contribution in [0.5, 0.6) is 0 Å². The van der Waals surface area contributed by atoms with Crippen LogP contribution < -0.4 is 10.6 Å². The number of hydrogen-bond donors (Lipinski definition) is 3. The van der Waals surface area contributed by atoms with Crippen molar-refractivity contribution < 1.29 is 15.0 Å². The average Bonchev–Trinajstić information content (AvgIpc) is 2.87. The molecule has 4 aromatic rings. The lowest BCUT2D eigenvalue weighted by atomic mass is 10.0. The number of rotatable bonds is 5. The smallest absolute Gasteiger partial charge is 0.228 e. The van der Waals surface area contributed by atoms with Gasteiger partial charge in [0.15, 0.2) is 0 Å². The molecule has 8 heteroatoms. The van der Waals surface area contributed by atoms with E-state index < -0.39 is 0 Å². The molecule has 1 aliphatic heterocycles. The molecule has 1 aliphatic rings. The SMILES string of the molecule is Nc1nc(N2CCN(C(=O)Cc3ccc4ccccc4c3)CC2)nc2cc(CO)c(CO)cc12. The Kier molecular flexibility index (Phi) is 6.00.